The first-order chi connectivity index (χ1) is 10.9. The minimum absolute atomic E-state index is 0.142. The van der Waals surface area contributed by atoms with Gasteiger partial charge >= 0.3 is 0 Å². The highest BCUT2D eigenvalue weighted by Crippen LogP contribution is 2.34. The van der Waals surface area contributed by atoms with E-state index in [2.05, 4.69) is 5.32 Å². The van der Waals surface area contributed by atoms with Crippen molar-refractivity contribution >= 4 is 5.91 Å². The van der Waals surface area contributed by atoms with Gasteiger partial charge in [-0.25, -0.2) is 4.39 Å². The van der Waals surface area contributed by atoms with Crippen molar-refractivity contribution < 1.29 is 19.0 Å². The highest BCUT2D eigenvalue weighted by molar-refractivity contribution is 5.72. The van der Waals surface area contributed by atoms with Crippen LogP contribution in [0.2, 0.25) is 0 Å². The van der Waals surface area contributed by atoms with E-state index in [9.17, 15) is 14.3 Å². The fraction of sp³-hybridized carbons (Fsp3) is 0.278. The van der Waals surface area contributed by atoms with E-state index in [1.54, 1.807) is 31.2 Å². The SMILES string of the molecule is CC(=O)NCCC(C)(O)c1ccccc1Oc1ccc(F)cc1. The highest BCUT2D eigenvalue weighted by atomic mass is 19.1. The van der Waals surface area contributed by atoms with Gasteiger partial charge in [-0.3, -0.25) is 4.79 Å². The lowest BCUT2D eigenvalue weighted by Gasteiger charge is -2.26. The van der Waals surface area contributed by atoms with Crippen molar-refractivity contribution in [3.63, 3.8) is 0 Å². The summed E-state index contributed by atoms with van der Waals surface area (Å²) in [5, 5.41) is 13.4. The molecule has 2 aromatic rings. The largest absolute Gasteiger partial charge is 0.457 e. The predicted octanol–water partition coefficient (Wildman–Crippen LogP) is 3.35. The number of ether oxygens (including phenoxy) is 1. The second-order valence-electron chi connectivity index (χ2n) is 5.56. The van der Waals surface area contributed by atoms with E-state index in [1.165, 1.54) is 31.2 Å². The fourth-order valence-electron chi connectivity index (χ4n) is 2.25. The fourth-order valence-corrected chi connectivity index (χ4v) is 2.25. The molecular formula is C18H20FNO3. The van der Waals surface area contributed by atoms with Gasteiger partial charge < -0.3 is 15.2 Å². The van der Waals surface area contributed by atoms with E-state index >= 15 is 0 Å². The van der Waals surface area contributed by atoms with Crippen molar-refractivity contribution in [2.45, 2.75) is 25.9 Å². The minimum atomic E-state index is -1.17. The third-order valence-electron chi connectivity index (χ3n) is 3.49. The molecular weight excluding hydrogens is 297 g/mol. The van der Waals surface area contributed by atoms with E-state index in [0.717, 1.165) is 0 Å². The van der Waals surface area contributed by atoms with Gasteiger partial charge in [-0.1, -0.05) is 18.2 Å². The highest BCUT2D eigenvalue weighted by Gasteiger charge is 2.26. The number of amides is 1. The average Bonchev–Trinajstić information content (AvgIpc) is 2.49. The Kier molecular flexibility index (Phi) is 5.34. The van der Waals surface area contributed by atoms with Gasteiger partial charge in [0.05, 0.1) is 5.60 Å². The number of para-hydroxylation sites is 1. The molecule has 23 heavy (non-hydrogen) atoms. The van der Waals surface area contributed by atoms with Crippen LogP contribution < -0.4 is 10.1 Å². The quantitative estimate of drug-likeness (QED) is 0.859. The maximum atomic E-state index is 13.0. The van der Waals surface area contributed by atoms with Crippen LogP contribution in [0, 0.1) is 5.82 Å². The molecule has 0 aromatic heterocycles. The zero-order valence-electron chi connectivity index (χ0n) is 13.2. The third-order valence-corrected chi connectivity index (χ3v) is 3.49. The van der Waals surface area contributed by atoms with Gasteiger partial charge in [0.15, 0.2) is 0 Å². The van der Waals surface area contributed by atoms with Crippen molar-refractivity contribution in [2.75, 3.05) is 6.54 Å². The second kappa shape index (κ2) is 7.24. The van der Waals surface area contributed by atoms with Crippen LogP contribution in [-0.2, 0) is 10.4 Å². The molecule has 1 unspecified atom stereocenters. The topological polar surface area (TPSA) is 58.6 Å². The number of hydrogen-bond acceptors (Lipinski definition) is 3. The Balaban J connectivity index is 2.18. The Bertz CT molecular complexity index is 668. The molecule has 0 radical (unpaired) electrons. The number of carbonyl (C=O) groups is 1. The molecule has 0 aliphatic rings. The molecule has 0 saturated carbocycles. The Morgan fingerprint density at radius 2 is 1.87 bits per heavy atom. The monoisotopic (exact) mass is 317 g/mol. The maximum absolute atomic E-state index is 13.0. The summed E-state index contributed by atoms with van der Waals surface area (Å²) in [6, 6.07) is 12.8. The lowest BCUT2D eigenvalue weighted by Crippen LogP contribution is -2.30. The number of nitrogens with one attached hydrogen (secondary N) is 1. The zero-order chi connectivity index (χ0) is 16.9. The first kappa shape index (κ1) is 17.0. The van der Waals surface area contributed by atoms with Crippen molar-refractivity contribution in [3.05, 3.63) is 59.9 Å². The van der Waals surface area contributed by atoms with Crippen molar-refractivity contribution in [1.82, 2.24) is 5.32 Å². The van der Waals surface area contributed by atoms with Crippen molar-refractivity contribution in [1.29, 1.82) is 0 Å². The van der Waals surface area contributed by atoms with E-state index in [0.29, 0.717) is 30.0 Å². The molecule has 2 N–H and O–H groups in total. The van der Waals surface area contributed by atoms with E-state index in [1.807, 2.05) is 0 Å². The molecule has 1 atom stereocenters. The molecule has 0 bridgehead atoms. The molecule has 0 aliphatic carbocycles. The minimum Gasteiger partial charge on any atom is -0.457 e. The molecule has 0 saturated heterocycles. The first-order valence-electron chi connectivity index (χ1n) is 7.38. The first-order valence-corrected chi connectivity index (χ1v) is 7.38. The van der Waals surface area contributed by atoms with E-state index in [4.69, 9.17) is 4.74 Å². The van der Waals surface area contributed by atoms with Crippen LogP contribution in [0.3, 0.4) is 0 Å². The zero-order valence-corrected chi connectivity index (χ0v) is 13.2. The summed E-state index contributed by atoms with van der Waals surface area (Å²) in [5.74, 6) is 0.494. The molecule has 1 amide bonds. The second-order valence-corrected chi connectivity index (χ2v) is 5.56. The summed E-state index contributed by atoms with van der Waals surface area (Å²) in [6.07, 6.45) is 0.344. The molecule has 0 aliphatic heterocycles. The van der Waals surface area contributed by atoms with Crippen LogP contribution in [0.25, 0.3) is 0 Å². The summed E-state index contributed by atoms with van der Waals surface area (Å²) in [4.78, 5) is 11.0. The third kappa shape index (κ3) is 4.79. The van der Waals surface area contributed by atoms with Crippen LogP contribution in [0.1, 0.15) is 25.8 Å². The van der Waals surface area contributed by atoms with Crippen LogP contribution >= 0.6 is 0 Å². The summed E-state index contributed by atoms with van der Waals surface area (Å²) in [5.41, 5.74) is -0.561. The van der Waals surface area contributed by atoms with Crippen molar-refractivity contribution in [2.24, 2.45) is 0 Å². The van der Waals surface area contributed by atoms with Crippen LogP contribution in [-0.4, -0.2) is 17.6 Å². The number of carbonyl (C=O) groups excluding carboxylic acids is 1. The molecule has 0 fully saturated rings. The predicted molar refractivity (Wildman–Crippen MR) is 85.8 cm³/mol. The summed E-state index contributed by atoms with van der Waals surface area (Å²) < 4.78 is 18.7. The van der Waals surface area contributed by atoms with Gasteiger partial charge in [-0.2, -0.15) is 0 Å². The Labute approximate surface area is 134 Å². The summed E-state index contributed by atoms with van der Waals surface area (Å²) in [7, 11) is 0. The van der Waals surface area contributed by atoms with Gasteiger partial charge in [-0.15, -0.1) is 0 Å². The number of halogens is 1. The molecule has 5 heteroatoms. The van der Waals surface area contributed by atoms with Crippen LogP contribution in [0.4, 0.5) is 4.39 Å². The Morgan fingerprint density at radius 3 is 2.52 bits per heavy atom. The van der Waals surface area contributed by atoms with Crippen LogP contribution in [0.5, 0.6) is 11.5 Å². The van der Waals surface area contributed by atoms with Crippen LogP contribution in [0.15, 0.2) is 48.5 Å². The van der Waals surface area contributed by atoms with E-state index < -0.39 is 5.60 Å². The summed E-state index contributed by atoms with van der Waals surface area (Å²) >= 11 is 0. The van der Waals surface area contributed by atoms with Gasteiger partial charge in [0.25, 0.3) is 0 Å². The van der Waals surface area contributed by atoms with Gasteiger partial charge in [0.1, 0.15) is 17.3 Å². The van der Waals surface area contributed by atoms with Gasteiger partial charge in [0, 0.05) is 19.0 Å². The van der Waals surface area contributed by atoms with E-state index in [-0.39, 0.29) is 11.7 Å². The molecule has 4 nitrogen and oxygen atoms in total. The molecule has 2 aromatic carbocycles. The lowest BCUT2D eigenvalue weighted by molar-refractivity contribution is -0.119. The average molecular weight is 317 g/mol. The Morgan fingerprint density at radius 1 is 1.22 bits per heavy atom. The Hall–Kier alpha value is -2.40. The van der Waals surface area contributed by atoms with Crippen molar-refractivity contribution in [3.8, 4) is 11.5 Å². The molecule has 0 spiro atoms. The summed E-state index contributed by atoms with van der Waals surface area (Å²) in [6.45, 7) is 3.45. The number of rotatable bonds is 6. The lowest BCUT2D eigenvalue weighted by atomic mass is 9.91. The molecule has 0 heterocycles. The van der Waals surface area contributed by atoms with Gasteiger partial charge in [0.2, 0.25) is 5.91 Å². The normalized spacial score (nSPS) is 13.2. The standard InChI is InChI=1S/C18H20FNO3/c1-13(21)20-12-11-18(2,22)16-5-3-4-6-17(16)23-15-9-7-14(19)8-10-15/h3-10,22H,11-12H2,1-2H3,(H,20,21). The van der Waals surface area contributed by atoms with Gasteiger partial charge in [-0.05, 0) is 43.7 Å². The maximum Gasteiger partial charge on any atom is 0.216 e. The number of hydrogen-bond donors (Lipinski definition) is 2. The number of benzene rings is 2. The molecule has 122 valence electrons. The molecule has 2 rings (SSSR count). The number of aliphatic hydroxyl groups is 1. The smallest absolute Gasteiger partial charge is 0.216 e.